The molecular formula is C43H69N2+. The third-order valence-corrected chi connectivity index (χ3v) is 9.87. The van der Waals surface area contributed by atoms with E-state index in [1.165, 1.54) is 151 Å². The Labute approximate surface area is 279 Å². The van der Waals surface area contributed by atoms with Crippen LogP contribution in [0.3, 0.4) is 0 Å². The summed E-state index contributed by atoms with van der Waals surface area (Å²) in [6, 6.07) is 22.2. The summed E-state index contributed by atoms with van der Waals surface area (Å²) < 4.78 is 5.34. The second-order valence-corrected chi connectivity index (χ2v) is 13.9. The van der Waals surface area contributed by atoms with Crippen LogP contribution in [0.4, 0.5) is 0 Å². The fourth-order valence-electron chi connectivity index (χ4n) is 6.99. The van der Waals surface area contributed by atoms with E-state index in [0.717, 1.165) is 25.9 Å². The predicted octanol–water partition coefficient (Wildman–Crippen LogP) is 12.6. The summed E-state index contributed by atoms with van der Waals surface area (Å²) >= 11 is 0. The molecule has 250 valence electrons. The van der Waals surface area contributed by atoms with E-state index >= 15 is 0 Å². The van der Waals surface area contributed by atoms with Gasteiger partial charge in [0.1, 0.15) is 11.9 Å². The van der Waals surface area contributed by atoms with Crippen LogP contribution in [0, 0.1) is 0 Å². The molecule has 2 nitrogen and oxygen atoms in total. The Hall–Kier alpha value is -2.35. The Bertz CT molecular complexity index is 1100. The second-order valence-electron chi connectivity index (χ2n) is 13.9. The topological polar surface area (TPSA) is 8.81 Å². The molecule has 3 rings (SSSR count). The smallest absolute Gasteiger partial charge is 0.234 e. The number of benzene rings is 2. The summed E-state index contributed by atoms with van der Waals surface area (Å²) in [5.41, 5.74) is 4.39. The Kier molecular flexibility index (Phi) is 19.7. The Morgan fingerprint density at radius 2 is 1.02 bits per heavy atom. The largest absolute Gasteiger partial charge is 0.261 e. The monoisotopic (exact) mass is 614 g/mol. The number of nitrogens with zero attached hydrogens (tertiary/aromatic N) is 2. The highest BCUT2D eigenvalue weighted by atomic mass is 15.2. The van der Waals surface area contributed by atoms with E-state index in [9.17, 15) is 0 Å². The molecule has 0 aliphatic carbocycles. The van der Waals surface area contributed by atoms with Crippen molar-refractivity contribution in [2.45, 2.75) is 181 Å². The van der Waals surface area contributed by atoms with Crippen molar-refractivity contribution >= 4 is 0 Å². The minimum absolute atomic E-state index is 0.518. The van der Waals surface area contributed by atoms with Crippen molar-refractivity contribution in [2.24, 2.45) is 0 Å². The summed E-state index contributed by atoms with van der Waals surface area (Å²) in [4.78, 5) is 0. The summed E-state index contributed by atoms with van der Waals surface area (Å²) in [6.45, 7) is 9.31. The highest BCUT2D eigenvalue weighted by molar-refractivity contribution is 5.21. The van der Waals surface area contributed by atoms with Crippen LogP contribution in [0.2, 0.25) is 0 Å². The van der Waals surface area contributed by atoms with Gasteiger partial charge in [-0.25, -0.2) is 9.13 Å². The molecule has 1 unspecified atom stereocenters. The van der Waals surface area contributed by atoms with Crippen LogP contribution < -0.4 is 4.57 Å². The molecule has 0 fully saturated rings. The molecule has 0 aliphatic rings. The lowest BCUT2D eigenvalue weighted by molar-refractivity contribution is -0.710. The number of hydrogen-bond donors (Lipinski definition) is 0. The molecule has 2 heteroatoms. The molecule has 0 spiro atoms. The molecule has 0 N–H and O–H groups in total. The first kappa shape index (κ1) is 37.1. The fraction of sp³-hybridized carbons (Fsp3) is 0.651. The number of aryl methyl sites for hydroxylation is 1. The molecule has 0 saturated heterocycles. The number of hydrogen-bond acceptors (Lipinski definition) is 0. The zero-order chi connectivity index (χ0) is 31.8. The SMILES string of the molecule is CCCCCCCCCCCCCCCCCCC[n+]1c(CC(C)c2ccccc2)cn(CCCCC)c1Cc1ccccc1. The summed E-state index contributed by atoms with van der Waals surface area (Å²) in [6.07, 6.45) is 32.7. The summed E-state index contributed by atoms with van der Waals surface area (Å²) in [5, 5.41) is 0. The van der Waals surface area contributed by atoms with Crippen molar-refractivity contribution in [3.05, 3.63) is 89.5 Å². The third kappa shape index (κ3) is 15.2. The molecule has 3 aromatic rings. The van der Waals surface area contributed by atoms with E-state index in [1.807, 2.05) is 0 Å². The normalized spacial score (nSPS) is 12.2. The lowest BCUT2D eigenvalue weighted by Crippen LogP contribution is -2.41. The summed E-state index contributed by atoms with van der Waals surface area (Å²) in [7, 11) is 0. The van der Waals surface area contributed by atoms with Crippen LogP contribution in [-0.4, -0.2) is 4.57 Å². The molecule has 45 heavy (non-hydrogen) atoms. The zero-order valence-corrected chi connectivity index (χ0v) is 29.8. The lowest BCUT2D eigenvalue weighted by Gasteiger charge is -2.12. The maximum Gasteiger partial charge on any atom is 0.261 e. The van der Waals surface area contributed by atoms with Gasteiger partial charge in [0.2, 0.25) is 0 Å². The number of unbranched alkanes of at least 4 members (excludes halogenated alkanes) is 18. The van der Waals surface area contributed by atoms with E-state index in [-0.39, 0.29) is 0 Å². The van der Waals surface area contributed by atoms with Crippen LogP contribution in [0.15, 0.2) is 66.9 Å². The minimum atomic E-state index is 0.518. The van der Waals surface area contributed by atoms with Gasteiger partial charge in [-0.1, -0.05) is 184 Å². The van der Waals surface area contributed by atoms with E-state index in [2.05, 4.69) is 96.8 Å². The van der Waals surface area contributed by atoms with Gasteiger partial charge in [0.15, 0.2) is 0 Å². The van der Waals surface area contributed by atoms with Crippen molar-refractivity contribution in [3.63, 3.8) is 0 Å². The average molecular weight is 614 g/mol. The maximum atomic E-state index is 2.73. The third-order valence-electron chi connectivity index (χ3n) is 9.87. The molecule has 0 bridgehead atoms. The first-order chi connectivity index (χ1) is 22.2. The van der Waals surface area contributed by atoms with Crippen molar-refractivity contribution in [2.75, 3.05) is 0 Å². The van der Waals surface area contributed by atoms with Crippen molar-refractivity contribution in [1.29, 1.82) is 0 Å². The van der Waals surface area contributed by atoms with Crippen LogP contribution in [0.1, 0.15) is 178 Å². The number of imidazole rings is 1. The van der Waals surface area contributed by atoms with Crippen LogP contribution in [0.25, 0.3) is 0 Å². The van der Waals surface area contributed by atoms with Gasteiger partial charge in [-0.3, -0.25) is 0 Å². The molecule has 1 atom stereocenters. The van der Waals surface area contributed by atoms with Gasteiger partial charge in [-0.15, -0.1) is 0 Å². The van der Waals surface area contributed by atoms with Gasteiger partial charge < -0.3 is 0 Å². The van der Waals surface area contributed by atoms with Crippen LogP contribution in [0.5, 0.6) is 0 Å². The minimum Gasteiger partial charge on any atom is -0.234 e. The van der Waals surface area contributed by atoms with Crippen molar-refractivity contribution in [1.82, 2.24) is 4.57 Å². The first-order valence-corrected chi connectivity index (χ1v) is 19.4. The number of aromatic nitrogens is 2. The quantitative estimate of drug-likeness (QED) is 0.0597. The zero-order valence-electron chi connectivity index (χ0n) is 29.8. The summed E-state index contributed by atoms with van der Waals surface area (Å²) in [5.74, 6) is 2.02. The highest BCUT2D eigenvalue weighted by Gasteiger charge is 2.25. The predicted molar refractivity (Wildman–Crippen MR) is 196 cm³/mol. The van der Waals surface area contributed by atoms with Crippen molar-refractivity contribution in [3.8, 4) is 0 Å². The van der Waals surface area contributed by atoms with Crippen molar-refractivity contribution < 1.29 is 4.57 Å². The van der Waals surface area contributed by atoms with Gasteiger partial charge in [0, 0.05) is 6.42 Å². The van der Waals surface area contributed by atoms with Gasteiger partial charge in [0.25, 0.3) is 5.82 Å². The molecule has 1 heterocycles. The molecule has 0 aliphatic heterocycles. The Morgan fingerprint density at radius 3 is 1.56 bits per heavy atom. The molecule has 0 radical (unpaired) electrons. The average Bonchev–Trinajstić information content (AvgIpc) is 3.38. The molecule has 2 aromatic carbocycles. The van der Waals surface area contributed by atoms with Gasteiger partial charge in [-0.05, 0) is 42.7 Å². The fourth-order valence-corrected chi connectivity index (χ4v) is 6.99. The Balaban J connectivity index is 1.46. The second kappa shape index (κ2) is 23.9. The molecule has 1 aromatic heterocycles. The van der Waals surface area contributed by atoms with Gasteiger partial charge in [0.05, 0.1) is 19.5 Å². The number of rotatable bonds is 27. The Morgan fingerprint density at radius 1 is 0.556 bits per heavy atom. The lowest BCUT2D eigenvalue weighted by atomic mass is 9.96. The first-order valence-electron chi connectivity index (χ1n) is 19.4. The van der Waals surface area contributed by atoms with Crippen LogP contribution >= 0.6 is 0 Å². The van der Waals surface area contributed by atoms with E-state index < -0.39 is 0 Å². The van der Waals surface area contributed by atoms with Crippen LogP contribution in [-0.2, 0) is 25.9 Å². The van der Waals surface area contributed by atoms with E-state index in [0.29, 0.717) is 5.92 Å². The standard InChI is InChI=1S/C43H69N2/c1-4-6-8-9-10-11-12-13-14-15-16-17-18-19-20-21-29-35-45-42(36-39(3)41-32-26-23-27-33-41)38-44(34-28-7-5-2)43(45)37-40-30-24-22-25-31-40/h22-27,30-33,38-39H,4-21,28-29,34-37H2,1-3H3/q+1. The highest BCUT2D eigenvalue weighted by Crippen LogP contribution is 2.21. The molecule has 0 saturated carbocycles. The van der Waals surface area contributed by atoms with E-state index in [1.54, 1.807) is 0 Å². The molecular weight excluding hydrogens is 544 g/mol. The van der Waals surface area contributed by atoms with E-state index in [4.69, 9.17) is 0 Å². The molecule has 0 amide bonds. The van der Waals surface area contributed by atoms with Gasteiger partial charge >= 0.3 is 0 Å². The maximum absolute atomic E-state index is 2.73. The van der Waals surface area contributed by atoms with Gasteiger partial charge in [-0.2, -0.15) is 0 Å².